The molecule has 0 fully saturated rings. The van der Waals surface area contributed by atoms with Crippen LogP contribution in [0.15, 0.2) is 24.3 Å². The normalized spacial score (nSPS) is 12.4. The van der Waals surface area contributed by atoms with Gasteiger partial charge in [0, 0.05) is 11.6 Å². The van der Waals surface area contributed by atoms with Gasteiger partial charge in [0.25, 0.3) is 0 Å². The van der Waals surface area contributed by atoms with Crippen molar-refractivity contribution in [2.75, 3.05) is 6.54 Å². The van der Waals surface area contributed by atoms with E-state index in [4.69, 9.17) is 5.73 Å². The molecule has 4 heteroatoms. The standard InChI is InChI=1S/C10H14N2O2/c1-7(12-6-10(11)14)8-4-2-3-5-9(8)13/h2-5,7,12-13H,6H2,1H3,(H2,11,14). The SMILES string of the molecule is CC(NCC(N)=O)c1ccccc1O. The van der Waals surface area contributed by atoms with E-state index >= 15 is 0 Å². The second kappa shape index (κ2) is 4.62. The highest BCUT2D eigenvalue weighted by Gasteiger charge is 2.09. The van der Waals surface area contributed by atoms with Crippen molar-refractivity contribution in [2.45, 2.75) is 13.0 Å². The fourth-order valence-electron chi connectivity index (χ4n) is 1.22. The molecule has 1 atom stereocenters. The third kappa shape index (κ3) is 2.74. The van der Waals surface area contributed by atoms with E-state index < -0.39 is 5.91 Å². The molecule has 1 rings (SSSR count). The Morgan fingerprint density at radius 1 is 1.57 bits per heavy atom. The minimum atomic E-state index is -0.410. The predicted octanol–water partition coefficient (Wildman–Crippen LogP) is 0.528. The fourth-order valence-corrected chi connectivity index (χ4v) is 1.22. The van der Waals surface area contributed by atoms with Crippen LogP contribution in [0.2, 0.25) is 0 Å². The third-order valence-electron chi connectivity index (χ3n) is 1.99. The molecule has 1 amide bonds. The molecule has 0 heterocycles. The van der Waals surface area contributed by atoms with E-state index in [1.165, 1.54) is 0 Å². The molecule has 14 heavy (non-hydrogen) atoms. The van der Waals surface area contributed by atoms with E-state index in [1.54, 1.807) is 18.2 Å². The molecule has 4 N–H and O–H groups in total. The van der Waals surface area contributed by atoms with Crippen molar-refractivity contribution in [3.8, 4) is 5.75 Å². The number of para-hydroxylation sites is 1. The first-order valence-corrected chi connectivity index (χ1v) is 4.41. The van der Waals surface area contributed by atoms with Gasteiger partial charge < -0.3 is 16.2 Å². The summed E-state index contributed by atoms with van der Waals surface area (Å²) in [6, 6.07) is 6.90. The van der Waals surface area contributed by atoms with Gasteiger partial charge in [-0.2, -0.15) is 0 Å². The van der Waals surface area contributed by atoms with E-state index in [2.05, 4.69) is 5.32 Å². The highest BCUT2D eigenvalue weighted by Crippen LogP contribution is 2.22. The molecule has 0 aliphatic heterocycles. The van der Waals surface area contributed by atoms with Gasteiger partial charge in [-0.05, 0) is 13.0 Å². The zero-order valence-corrected chi connectivity index (χ0v) is 8.03. The summed E-state index contributed by atoms with van der Waals surface area (Å²) in [5.74, 6) is -0.191. The van der Waals surface area contributed by atoms with E-state index in [9.17, 15) is 9.90 Å². The molecule has 0 aliphatic rings. The maximum absolute atomic E-state index is 10.5. The minimum absolute atomic E-state index is 0.0938. The van der Waals surface area contributed by atoms with Crippen LogP contribution in [0.4, 0.5) is 0 Å². The van der Waals surface area contributed by atoms with Crippen LogP contribution in [0.5, 0.6) is 5.75 Å². The molecule has 0 spiro atoms. The molecule has 1 aromatic carbocycles. The molecule has 0 aromatic heterocycles. The molecule has 0 radical (unpaired) electrons. The lowest BCUT2D eigenvalue weighted by Gasteiger charge is -2.13. The van der Waals surface area contributed by atoms with Crippen molar-refractivity contribution in [3.05, 3.63) is 29.8 Å². The quantitative estimate of drug-likeness (QED) is 0.654. The Labute approximate surface area is 82.7 Å². The second-order valence-electron chi connectivity index (χ2n) is 3.13. The highest BCUT2D eigenvalue weighted by molar-refractivity contribution is 5.75. The zero-order chi connectivity index (χ0) is 10.6. The van der Waals surface area contributed by atoms with Crippen LogP contribution >= 0.6 is 0 Å². The number of carbonyl (C=O) groups is 1. The summed E-state index contributed by atoms with van der Waals surface area (Å²) < 4.78 is 0. The summed E-state index contributed by atoms with van der Waals surface area (Å²) in [6.07, 6.45) is 0. The van der Waals surface area contributed by atoms with Gasteiger partial charge in [-0.15, -0.1) is 0 Å². The van der Waals surface area contributed by atoms with Crippen LogP contribution in [0.3, 0.4) is 0 Å². The van der Waals surface area contributed by atoms with E-state index in [1.807, 2.05) is 13.0 Å². The number of phenolic OH excluding ortho intramolecular Hbond substituents is 1. The Bertz CT molecular complexity index is 326. The Kier molecular flexibility index (Phi) is 3.48. The lowest BCUT2D eigenvalue weighted by atomic mass is 10.1. The average molecular weight is 194 g/mol. The van der Waals surface area contributed by atoms with Crippen LogP contribution < -0.4 is 11.1 Å². The number of nitrogens with two attached hydrogens (primary N) is 1. The number of benzene rings is 1. The van der Waals surface area contributed by atoms with Gasteiger partial charge in [0.05, 0.1) is 6.54 Å². The third-order valence-corrected chi connectivity index (χ3v) is 1.99. The number of primary amides is 1. The lowest BCUT2D eigenvalue weighted by molar-refractivity contribution is -0.117. The topological polar surface area (TPSA) is 75.3 Å². The monoisotopic (exact) mass is 194 g/mol. The molecule has 0 saturated carbocycles. The Morgan fingerprint density at radius 2 is 2.21 bits per heavy atom. The van der Waals surface area contributed by atoms with Gasteiger partial charge in [-0.25, -0.2) is 0 Å². The lowest BCUT2D eigenvalue weighted by Crippen LogP contribution is -2.30. The number of rotatable bonds is 4. The largest absolute Gasteiger partial charge is 0.508 e. The van der Waals surface area contributed by atoms with Crippen LogP contribution in [0.25, 0.3) is 0 Å². The van der Waals surface area contributed by atoms with Crippen molar-refractivity contribution >= 4 is 5.91 Å². The molecule has 0 aliphatic carbocycles. The van der Waals surface area contributed by atoms with Gasteiger partial charge in [0.15, 0.2) is 0 Å². The Balaban J connectivity index is 2.65. The zero-order valence-electron chi connectivity index (χ0n) is 8.03. The molecule has 76 valence electrons. The minimum Gasteiger partial charge on any atom is -0.508 e. The van der Waals surface area contributed by atoms with Crippen molar-refractivity contribution in [1.29, 1.82) is 0 Å². The van der Waals surface area contributed by atoms with Crippen LogP contribution in [0.1, 0.15) is 18.5 Å². The number of nitrogens with one attached hydrogen (secondary N) is 1. The number of hydrogen-bond donors (Lipinski definition) is 3. The first kappa shape index (κ1) is 10.5. The van der Waals surface area contributed by atoms with Crippen molar-refractivity contribution in [2.24, 2.45) is 5.73 Å². The number of hydrogen-bond acceptors (Lipinski definition) is 3. The fraction of sp³-hybridized carbons (Fsp3) is 0.300. The maximum Gasteiger partial charge on any atom is 0.231 e. The maximum atomic E-state index is 10.5. The molecule has 1 aromatic rings. The van der Waals surface area contributed by atoms with Crippen LogP contribution in [-0.4, -0.2) is 17.6 Å². The number of aromatic hydroxyl groups is 1. The van der Waals surface area contributed by atoms with Crippen LogP contribution in [-0.2, 0) is 4.79 Å². The first-order chi connectivity index (χ1) is 6.61. The smallest absolute Gasteiger partial charge is 0.231 e. The predicted molar refractivity (Wildman–Crippen MR) is 53.7 cm³/mol. The van der Waals surface area contributed by atoms with Gasteiger partial charge in [-0.1, -0.05) is 18.2 Å². The van der Waals surface area contributed by atoms with Gasteiger partial charge in [0.2, 0.25) is 5.91 Å². The van der Waals surface area contributed by atoms with Crippen molar-refractivity contribution in [3.63, 3.8) is 0 Å². The second-order valence-corrected chi connectivity index (χ2v) is 3.13. The van der Waals surface area contributed by atoms with Gasteiger partial charge in [-0.3, -0.25) is 4.79 Å². The number of amides is 1. The van der Waals surface area contributed by atoms with Gasteiger partial charge in [0.1, 0.15) is 5.75 Å². The van der Waals surface area contributed by atoms with Crippen molar-refractivity contribution in [1.82, 2.24) is 5.32 Å². The van der Waals surface area contributed by atoms with E-state index in [-0.39, 0.29) is 18.3 Å². The summed E-state index contributed by atoms with van der Waals surface area (Å²) in [6.45, 7) is 1.97. The van der Waals surface area contributed by atoms with Crippen molar-refractivity contribution < 1.29 is 9.90 Å². The summed E-state index contributed by atoms with van der Waals surface area (Å²) in [5, 5.41) is 12.4. The highest BCUT2D eigenvalue weighted by atomic mass is 16.3. The molecular formula is C10H14N2O2. The number of phenols is 1. The Hall–Kier alpha value is -1.55. The molecular weight excluding hydrogens is 180 g/mol. The summed E-state index contributed by atoms with van der Waals surface area (Å²) in [4.78, 5) is 10.5. The molecule has 0 bridgehead atoms. The molecule has 1 unspecified atom stereocenters. The van der Waals surface area contributed by atoms with E-state index in [0.29, 0.717) is 0 Å². The number of carbonyl (C=O) groups excluding carboxylic acids is 1. The average Bonchev–Trinajstić information content (AvgIpc) is 2.15. The Morgan fingerprint density at radius 3 is 2.79 bits per heavy atom. The van der Waals surface area contributed by atoms with Crippen LogP contribution in [0, 0.1) is 0 Å². The van der Waals surface area contributed by atoms with Gasteiger partial charge >= 0.3 is 0 Å². The molecule has 0 saturated heterocycles. The summed E-state index contributed by atoms with van der Waals surface area (Å²) in [7, 11) is 0. The summed E-state index contributed by atoms with van der Waals surface area (Å²) in [5.41, 5.74) is 5.75. The molecule has 4 nitrogen and oxygen atoms in total. The summed E-state index contributed by atoms with van der Waals surface area (Å²) >= 11 is 0. The van der Waals surface area contributed by atoms with E-state index in [0.717, 1.165) is 5.56 Å². The first-order valence-electron chi connectivity index (χ1n) is 4.41.